The number of aromatic nitrogens is 1. The zero-order valence-electron chi connectivity index (χ0n) is 9.69. The summed E-state index contributed by atoms with van der Waals surface area (Å²) in [5.41, 5.74) is 0.145. The summed E-state index contributed by atoms with van der Waals surface area (Å²) in [6, 6.07) is 3.87. The van der Waals surface area contributed by atoms with E-state index in [1.165, 1.54) is 19.3 Å². The third-order valence-electron chi connectivity index (χ3n) is 3.72. The Morgan fingerprint density at radius 1 is 1.41 bits per heavy atom. The highest BCUT2D eigenvalue weighted by Crippen LogP contribution is 2.43. The highest BCUT2D eigenvalue weighted by molar-refractivity contribution is 9.10. The van der Waals surface area contributed by atoms with Crippen LogP contribution < -0.4 is 4.74 Å². The average molecular weight is 298 g/mol. The van der Waals surface area contributed by atoms with Crippen molar-refractivity contribution in [1.29, 1.82) is 0 Å². The van der Waals surface area contributed by atoms with Crippen LogP contribution in [0.4, 0.5) is 0 Å². The Labute approximate surface area is 110 Å². The van der Waals surface area contributed by atoms with Gasteiger partial charge in [-0.25, -0.2) is 4.98 Å². The van der Waals surface area contributed by atoms with Crippen LogP contribution >= 0.6 is 15.9 Å². The van der Waals surface area contributed by atoms with Gasteiger partial charge in [-0.2, -0.15) is 0 Å². The third kappa shape index (κ3) is 2.47. The first kappa shape index (κ1) is 11.5. The Bertz CT molecular complexity index is 389. The maximum Gasteiger partial charge on any atom is 0.138 e. The second-order valence-electron chi connectivity index (χ2n) is 4.93. The lowest BCUT2D eigenvalue weighted by molar-refractivity contribution is -0.153. The number of ether oxygens (including phenoxy) is 2. The van der Waals surface area contributed by atoms with Gasteiger partial charge in [-0.3, -0.25) is 0 Å². The summed E-state index contributed by atoms with van der Waals surface area (Å²) in [6.07, 6.45) is 7.77. The minimum atomic E-state index is 0.145. The van der Waals surface area contributed by atoms with Gasteiger partial charge in [0.05, 0.1) is 18.4 Å². The molecule has 0 N–H and O–H groups in total. The first-order chi connectivity index (χ1) is 8.26. The topological polar surface area (TPSA) is 31.4 Å². The number of nitrogens with zero attached hydrogens (tertiary/aromatic N) is 1. The minimum Gasteiger partial charge on any atom is -0.489 e. The Morgan fingerprint density at radius 2 is 2.29 bits per heavy atom. The molecule has 1 saturated carbocycles. The molecule has 3 rings (SSSR count). The largest absolute Gasteiger partial charge is 0.489 e. The predicted molar refractivity (Wildman–Crippen MR) is 68.1 cm³/mol. The number of halogens is 1. The fraction of sp³-hybridized carbons (Fsp3) is 0.615. The molecular weight excluding hydrogens is 282 g/mol. The Kier molecular flexibility index (Phi) is 3.09. The molecule has 1 spiro atoms. The maximum absolute atomic E-state index is 5.98. The van der Waals surface area contributed by atoms with Crippen LogP contribution in [0, 0.1) is 0 Å². The zero-order chi connectivity index (χ0) is 11.7. The van der Waals surface area contributed by atoms with Gasteiger partial charge < -0.3 is 9.47 Å². The van der Waals surface area contributed by atoms with Crippen molar-refractivity contribution < 1.29 is 9.47 Å². The molecule has 1 atom stereocenters. The fourth-order valence-corrected chi connectivity index (χ4v) is 2.86. The molecule has 1 aromatic rings. The lowest BCUT2D eigenvalue weighted by Gasteiger charge is -2.46. The smallest absolute Gasteiger partial charge is 0.138 e. The molecule has 0 radical (unpaired) electrons. The third-order valence-corrected chi connectivity index (χ3v) is 4.18. The van der Waals surface area contributed by atoms with Crippen LogP contribution in [0.5, 0.6) is 5.75 Å². The molecule has 1 aromatic heterocycles. The van der Waals surface area contributed by atoms with E-state index < -0.39 is 0 Å². The molecule has 1 saturated heterocycles. The van der Waals surface area contributed by atoms with E-state index in [-0.39, 0.29) is 11.7 Å². The van der Waals surface area contributed by atoms with E-state index in [0.717, 1.165) is 29.8 Å². The van der Waals surface area contributed by atoms with Crippen LogP contribution in [0.25, 0.3) is 0 Å². The summed E-state index contributed by atoms with van der Waals surface area (Å²) < 4.78 is 12.7. The van der Waals surface area contributed by atoms with E-state index in [0.29, 0.717) is 0 Å². The molecule has 1 aliphatic heterocycles. The molecule has 0 amide bonds. The average Bonchev–Trinajstić information content (AvgIpc) is 2.31. The van der Waals surface area contributed by atoms with Gasteiger partial charge in [0.2, 0.25) is 0 Å². The Morgan fingerprint density at radius 3 is 2.94 bits per heavy atom. The summed E-state index contributed by atoms with van der Waals surface area (Å²) in [6.45, 7) is 0.828. The number of pyridine rings is 1. The van der Waals surface area contributed by atoms with Crippen LogP contribution in [-0.4, -0.2) is 23.3 Å². The van der Waals surface area contributed by atoms with Gasteiger partial charge in [-0.05, 0) is 47.3 Å². The van der Waals surface area contributed by atoms with Crippen molar-refractivity contribution in [2.24, 2.45) is 0 Å². The zero-order valence-corrected chi connectivity index (χ0v) is 11.3. The summed E-state index contributed by atoms with van der Waals surface area (Å²) in [5, 5.41) is 0. The molecule has 92 valence electrons. The summed E-state index contributed by atoms with van der Waals surface area (Å²) in [7, 11) is 0. The molecule has 2 aliphatic rings. The lowest BCUT2D eigenvalue weighted by atomic mass is 9.74. The first-order valence-corrected chi connectivity index (χ1v) is 6.97. The predicted octanol–water partition coefficient (Wildman–Crippen LogP) is 3.32. The van der Waals surface area contributed by atoms with Crippen LogP contribution in [-0.2, 0) is 4.74 Å². The van der Waals surface area contributed by atoms with E-state index in [4.69, 9.17) is 9.47 Å². The van der Waals surface area contributed by atoms with Crippen molar-refractivity contribution in [2.75, 3.05) is 6.61 Å². The molecule has 0 aromatic carbocycles. The molecule has 2 fully saturated rings. The van der Waals surface area contributed by atoms with Crippen molar-refractivity contribution in [3.8, 4) is 5.75 Å². The van der Waals surface area contributed by atoms with Gasteiger partial charge in [-0.1, -0.05) is 0 Å². The van der Waals surface area contributed by atoms with Gasteiger partial charge in [0.1, 0.15) is 16.5 Å². The summed E-state index contributed by atoms with van der Waals surface area (Å²) in [5.74, 6) is 0.856. The van der Waals surface area contributed by atoms with Crippen molar-refractivity contribution in [3.63, 3.8) is 0 Å². The fourth-order valence-electron chi connectivity index (χ4n) is 2.63. The van der Waals surface area contributed by atoms with Gasteiger partial charge in [0.25, 0.3) is 0 Å². The van der Waals surface area contributed by atoms with E-state index in [2.05, 4.69) is 20.9 Å². The molecule has 2 heterocycles. The second-order valence-corrected chi connectivity index (χ2v) is 5.75. The van der Waals surface area contributed by atoms with E-state index in [9.17, 15) is 0 Å². The Balaban J connectivity index is 1.63. The SMILES string of the molecule is Brc1ccc(OC2CCOC3(CCC3)C2)cn1. The van der Waals surface area contributed by atoms with Crippen LogP contribution in [0.15, 0.2) is 22.9 Å². The standard InChI is InChI=1S/C13H16BrNO2/c14-12-3-2-11(9-15-12)17-10-4-7-16-13(8-10)5-1-6-13/h2-3,9-10H,1,4-8H2. The molecule has 3 nitrogen and oxygen atoms in total. The highest BCUT2D eigenvalue weighted by atomic mass is 79.9. The van der Waals surface area contributed by atoms with E-state index >= 15 is 0 Å². The molecule has 1 aliphatic carbocycles. The van der Waals surface area contributed by atoms with Gasteiger partial charge in [0.15, 0.2) is 0 Å². The van der Waals surface area contributed by atoms with Crippen LogP contribution in [0.1, 0.15) is 32.1 Å². The molecule has 1 unspecified atom stereocenters. The summed E-state index contributed by atoms with van der Waals surface area (Å²) in [4.78, 5) is 4.18. The molecule has 4 heteroatoms. The number of rotatable bonds is 2. The molecular formula is C13H16BrNO2. The quantitative estimate of drug-likeness (QED) is 0.785. The van der Waals surface area contributed by atoms with Gasteiger partial charge in [0, 0.05) is 12.8 Å². The van der Waals surface area contributed by atoms with Gasteiger partial charge in [-0.15, -0.1) is 0 Å². The second kappa shape index (κ2) is 4.58. The van der Waals surface area contributed by atoms with Crippen LogP contribution in [0.2, 0.25) is 0 Å². The van der Waals surface area contributed by atoms with Crippen molar-refractivity contribution in [1.82, 2.24) is 4.98 Å². The van der Waals surface area contributed by atoms with Crippen molar-refractivity contribution in [3.05, 3.63) is 22.9 Å². The van der Waals surface area contributed by atoms with E-state index in [1.807, 2.05) is 12.1 Å². The minimum absolute atomic E-state index is 0.145. The number of hydrogen-bond donors (Lipinski definition) is 0. The van der Waals surface area contributed by atoms with Crippen molar-refractivity contribution >= 4 is 15.9 Å². The monoisotopic (exact) mass is 297 g/mol. The Hall–Kier alpha value is -0.610. The van der Waals surface area contributed by atoms with Gasteiger partial charge >= 0.3 is 0 Å². The van der Waals surface area contributed by atoms with Crippen LogP contribution in [0.3, 0.4) is 0 Å². The van der Waals surface area contributed by atoms with Crippen molar-refractivity contribution in [2.45, 2.75) is 43.8 Å². The normalized spacial score (nSPS) is 26.5. The lowest BCUT2D eigenvalue weighted by Crippen LogP contribution is -2.48. The first-order valence-electron chi connectivity index (χ1n) is 6.18. The number of hydrogen-bond acceptors (Lipinski definition) is 3. The van der Waals surface area contributed by atoms with E-state index in [1.54, 1.807) is 6.20 Å². The molecule has 0 bridgehead atoms. The molecule has 17 heavy (non-hydrogen) atoms. The summed E-state index contributed by atoms with van der Waals surface area (Å²) >= 11 is 3.32. The maximum atomic E-state index is 5.98. The highest BCUT2D eigenvalue weighted by Gasteiger charge is 2.43.